The molecule has 0 unspecified atom stereocenters. The number of carbonyl (C=O) groups is 1. The molecule has 1 aliphatic rings. The molecule has 150 valence electrons. The van der Waals surface area contributed by atoms with Gasteiger partial charge >= 0.3 is 6.03 Å². The van der Waals surface area contributed by atoms with Gasteiger partial charge < -0.3 is 14.8 Å². The van der Waals surface area contributed by atoms with E-state index in [-0.39, 0.29) is 17.3 Å². The van der Waals surface area contributed by atoms with E-state index < -0.39 is 11.6 Å². The van der Waals surface area contributed by atoms with E-state index >= 15 is 0 Å². The number of anilines is 1. The summed E-state index contributed by atoms with van der Waals surface area (Å²) < 4.78 is 28.3. The van der Waals surface area contributed by atoms with Gasteiger partial charge in [0, 0.05) is 31.9 Å². The molecule has 7 heteroatoms. The zero-order valence-electron chi connectivity index (χ0n) is 16.0. The highest BCUT2D eigenvalue weighted by Crippen LogP contribution is 2.24. The number of amides is 2. The summed E-state index contributed by atoms with van der Waals surface area (Å²) in [6.07, 6.45) is 4.70. The largest absolute Gasteiger partial charge is 0.325 e. The van der Waals surface area contributed by atoms with Crippen molar-refractivity contribution in [3.8, 4) is 0 Å². The van der Waals surface area contributed by atoms with Crippen molar-refractivity contribution in [3.63, 3.8) is 0 Å². The van der Waals surface area contributed by atoms with Gasteiger partial charge in [-0.1, -0.05) is 6.07 Å². The lowest BCUT2D eigenvalue weighted by atomic mass is 9.90. The highest BCUT2D eigenvalue weighted by Gasteiger charge is 2.23. The number of aromatic nitrogens is 1. The predicted octanol–water partition coefficient (Wildman–Crippen LogP) is 4.02. The number of nitrogens with one attached hydrogen (secondary N) is 1. The molecular formula is C21H25F2N3O2. The summed E-state index contributed by atoms with van der Waals surface area (Å²) in [7, 11) is 0. The lowest BCUT2D eigenvalue weighted by Gasteiger charge is -2.32. The zero-order valence-corrected chi connectivity index (χ0v) is 16.0. The number of urea groups is 1. The second-order valence-corrected chi connectivity index (χ2v) is 7.15. The summed E-state index contributed by atoms with van der Waals surface area (Å²) in [6.45, 7) is 3.60. The van der Waals surface area contributed by atoms with Gasteiger partial charge in [-0.25, -0.2) is 13.6 Å². The smallest absolute Gasteiger partial charge is 0.321 e. The first-order chi connectivity index (χ1) is 13.5. The standard InChI is InChI=1S/C21H25F2N3O2/c1-2-25-11-3-4-19(20(25)27)24-21(28)26-12-9-15(10-13-26)5-6-16-7-8-17(22)14-18(16)23/h3-4,7-8,11,14-15H,2,5-6,9-10,12-13H2,1H3,(H,24,28). The number of carbonyl (C=O) groups excluding carboxylic acids is 1. The van der Waals surface area contributed by atoms with E-state index in [9.17, 15) is 18.4 Å². The van der Waals surface area contributed by atoms with Gasteiger partial charge in [0.25, 0.3) is 5.56 Å². The third kappa shape index (κ3) is 4.77. The van der Waals surface area contributed by atoms with Crippen LogP contribution in [-0.4, -0.2) is 28.6 Å². The van der Waals surface area contributed by atoms with E-state index in [1.807, 2.05) is 6.92 Å². The van der Waals surface area contributed by atoms with Crippen LogP contribution in [0.5, 0.6) is 0 Å². The maximum atomic E-state index is 13.7. The Kier molecular flexibility index (Phi) is 6.44. The van der Waals surface area contributed by atoms with Crippen molar-refractivity contribution < 1.29 is 13.6 Å². The molecule has 2 aromatic rings. The molecule has 0 spiro atoms. The van der Waals surface area contributed by atoms with Gasteiger partial charge in [-0.15, -0.1) is 0 Å². The molecular weight excluding hydrogens is 364 g/mol. The first-order valence-corrected chi connectivity index (χ1v) is 9.67. The number of halogens is 2. The normalized spacial score (nSPS) is 14.9. The van der Waals surface area contributed by atoms with E-state index in [4.69, 9.17) is 0 Å². The molecule has 0 bridgehead atoms. The fourth-order valence-corrected chi connectivity index (χ4v) is 3.58. The quantitative estimate of drug-likeness (QED) is 0.840. The van der Waals surface area contributed by atoms with Gasteiger partial charge in [0.15, 0.2) is 0 Å². The molecule has 1 aliphatic heterocycles. The van der Waals surface area contributed by atoms with Gasteiger partial charge in [0.1, 0.15) is 17.3 Å². The van der Waals surface area contributed by atoms with Crippen molar-refractivity contribution in [2.75, 3.05) is 18.4 Å². The Balaban J connectivity index is 1.49. The number of piperidine rings is 1. The molecule has 2 heterocycles. The first-order valence-electron chi connectivity index (χ1n) is 9.67. The monoisotopic (exact) mass is 389 g/mol. The Labute approximate surface area is 163 Å². The summed E-state index contributed by atoms with van der Waals surface area (Å²) in [6, 6.07) is 6.77. The Morgan fingerprint density at radius 1 is 1.21 bits per heavy atom. The molecule has 5 nitrogen and oxygen atoms in total. The highest BCUT2D eigenvalue weighted by atomic mass is 19.1. The van der Waals surface area contributed by atoms with Crippen molar-refractivity contribution in [3.05, 3.63) is 64.1 Å². The lowest BCUT2D eigenvalue weighted by molar-refractivity contribution is 0.180. The Morgan fingerprint density at radius 2 is 1.96 bits per heavy atom. The molecule has 0 radical (unpaired) electrons. The van der Waals surface area contributed by atoms with Crippen molar-refractivity contribution >= 4 is 11.7 Å². The fourth-order valence-electron chi connectivity index (χ4n) is 3.58. The minimum Gasteiger partial charge on any atom is -0.325 e. The number of hydrogen-bond acceptors (Lipinski definition) is 2. The van der Waals surface area contributed by atoms with Gasteiger partial charge in [0.05, 0.1) is 0 Å². The number of hydrogen-bond donors (Lipinski definition) is 1. The van der Waals surface area contributed by atoms with E-state index in [1.54, 1.807) is 23.2 Å². The average Bonchev–Trinajstić information content (AvgIpc) is 2.69. The Hall–Kier alpha value is -2.70. The number of nitrogens with zero attached hydrogens (tertiary/aromatic N) is 2. The van der Waals surface area contributed by atoms with Gasteiger partial charge in [-0.3, -0.25) is 4.79 Å². The molecule has 1 saturated heterocycles. The molecule has 28 heavy (non-hydrogen) atoms. The van der Waals surface area contributed by atoms with Crippen molar-refractivity contribution in [2.45, 2.75) is 39.2 Å². The molecule has 0 aliphatic carbocycles. The zero-order chi connectivity index (χ0) is 20.1. The summed E-state index contributed by atoms with van der Waals surface area (Å²) in [5.74, 6) is -0.676. The van der Waals surface area contributed by atoms with Crippen molar-refractivity contribution in [1.82, 2.24) is 9.47 Å². The maximum absolute atomic E-state index is 13.7. The Morgan fingerprint density at radius 3 is 2.64 bits per heavy atom. The molecule has 1 fully saturated rings. The third-order valence-corrected chi connectivity index (χ3v) is 5.34. The Bertz CT molecular complexity index is 889. The number of benzene rings is 1. The van der Waals surface area contributed by atoms with Crippen molar-refractivity contribution in [1.29, 1.82) is 0 Å². The highest BCUT2D eigenvalue weighted by molar-refractivity contribution is 5.89. The topological polar surface area (TPSA) is 54.3 Å². The van der Waals surface area contributed by atoms with Gasteiger partial charge in [0.2, 0.25) is 0 Å². The van der Waals surface area contributed by atoms with Gasteiger partial charge in [-0.2, -0.15) is 0 Å². The van der Waals surface area contributed by atoms with Crippen LogP contribution in [0, 0.1) is 17.6 Å². The van der Waals surface area contributed by atoms with E-state index in [2.05, 4.69) is 5.32 Å². The first kappa shape index (κ1) is 20.0. The summed E-state index contributed by atoms with van der Waals surface area (Å²) in [5.41, 5.74) is 0.593. The average molecular weight is 389 g/mol. The summed E-state index contributed by atoms with van der Waals surface area (Å²) in [4.78, 5) is 26.4. The SMILES string of the molecule is CCn1cccc(NC(=O)N2CCC(CCc3ccc(F)cc3F)CC2)c1=O. The molecule has 1 aromatic carbocycles. The van der Waals surface area contributed by atoms with E-state index in [0.29, 0.717) is 37.5 Å². The van der Waals surface area contributed by atoms with Crippen LogP contribution in [0.4, 0.5) is 19.3 Å². The minimum absolute atomic E-state index is 0.213. The lowest BCUT2D eigenvalue weighted by Crippen LogP contribution is -2.42. The van der Waals surface area contributed by atoms with Gasteiger partial charge in [-0.05, 0) is 62.3 Å². The van der Waals surface area contributed by atoms with Crippen molar-refractivity contribution in [2.24, 2.45) is 5.92 Å². The van der Waals surface area contributed by atoms with Crippen LogP contribution in [0.25, 0.3) is 0 Å². The molecule has 2 amide bonds. The van der Waals surface area contributed by atoms with Crippen LogP contribution in [0.1, 0.15) is 31.7 Å². The second-order valence-electron chi connectivity index (χ2n) is 7.15. The maximum Gasteiger partial charge on any atom is 0.321 e. The fraction of sp³-hybridized carbons (Fsp3) is 0.429. The number of likely N-dealkylation sites (tertiary alicyclic amines) is 1. The third-order valence-electron chi connectivity index (χ3n) is 5.34. The van der Waals surface area contributed by atoms with Crippen LogP contribution in [-0.2, 0) is 13.0 Å². The molecule has 0 saturated carbocycles. The van der Waals surface area contributed by atoms with Crippen LogP contribution in [0.2, 0.25) is 0 Å². The van der Waals surface area contributed by atoms with Crippen LogP contribution in [0.15, 0.2) is 41.3 Å². The number of pyridine rings is 1. The summed E-state index contributed by atoms with van der Waals surface area (Å²) in [5, 5.41) is 2.71. The second kappa shape index (κ2) is 8.99. The molecule has 1 N–H and O–H groups in total. The molecule has 3 rings (SSSR count). The summed E-state index contributed by atoms with van der Waals surface area (Å²) >= 11 is 0. The van der Waals surface area contributed by atoms with Crippen LogP contribution in [0.3, 0.4) is 0 Å². The predicted molar refractivity (Wildman–Crippen MR) is 104 cm³/mol. The molecule has 0 atom stereocenters. The number of rotatable bonds is 5. The van der Waals surface area contributed by atoms with E-state index in [0.717, 1.165) is 25.3 Å². The number of aryl methyl sites for hydroxylation is 2. The van der Waals surface area contributed by atoms with Crippen LogP contribution >= 0.6 is 0 Å². The van der Waals surface area contributed by atoms with E-state index in [1.165, 1.54) is 16.7 Å². The van der Waals surface area contributed by atoms with Crippen LogP contribution < -0.4 is 10.9 Å². The molecule has 1 aromatic heterocycles. The minimum atomic E-state index is -0.565.